The first-order chi connectivity index (χ1) is 9.38. The molecule has 2 aromatic carbocycles. The molecule has 1 N–H and O–H groups in total. The van der Waals surface area contributed by atoms with Crippen molar-refractivity contribution < 1.29 is 0 Å². The standard InChI is InChI=1S/C18H19N/c1-19-17-11-16-14-7-3-2-5-12(14)9-10-13-6-4-8-15(17)18(13)16/h2-8,16-17,19H,9-11H2,1H3. The molecular formula is C18H19N. The number of fused-ring (bicyclic) bond motifs is 2. The zero-order valence-electron chi connectivity index (χ0n) is 11.3. The Kier molecular flexibility index (Phi) is 2.49. The third-order valence-electron chi connectivity index (χ3n) is 4.87. The maximum Gasteiger partial charge on any atom is 0.0329 e. The summed E-state index contributed by atoms with van der Waals surface area (Å²) in [6.45, 7) is 0. The van der Waals surface area contributed by atoms with Gasteiger partial charge in [0.1, 0.15) is 0 Å². The first-order valence-corrected chi connectivity index (χ1v) is 7.25. The van der Waals surface area contributed by atoms with Gasteiger partial charge in [0.15, 0.2) is 0 Å². The van der Waals surface area contributed by atoms with Crippen LogP contribution in [0.4, 0.5) is 0 Å². The van der Waals surface area contributed by atoms with E-state index in [0.29, 0.717) is 12.0 Å². The second kappa shape index (κ2) is 4.21. The lowest BCUT2D eigenvalue weighted by Gasteiger charge is -2.15. The summed E-state index contributed by atoms with van der Waals surface area (Å²) in [4.78, 5) is 0. The summed E-state index contributed by atoms with van der Waals surface area (Å²) in [5.41, 5.74) is 7.82. The van der Waals surface area contributed by atoms with Crippen molar-refractivity contribution in [3.63, 3.8) is 0 Å². The van der Waals surface area contributed by atoms with Gasteiger partial charge in [-0.2, -0.15) is 0 Å². The summed E-state index contributed by atoms with van der Waals surface area (Å²) in [6.07, 6.45) is 3.58. The molecule has 0 bridgehead atoms. The van der Waals surface area contributed by atoms with Gasteiger partial charge in [-0.25, -0.2) is 0 Å². The molecule has 0 amide bonds. The van der Waals surface area contributed by atoms with Crippen LogP contribution in [0.2, 0.25) is 0 Å². The fraction of sp³-hybridized carbons (Fsp3) is 0.333. The van der Waals surface area contributed by atoms with Crippen LogP contribution in [0.3, 0.4) is 0 Å². The van der Waals surface area contributed by atoms with Gasteiger partial charge in [-0.15, -0.1) is 0 Å². The molecule has 1 nitrogen and oxygen atoms in total. The van der Waals surface area contributed by atoms with Gasteiger partial charge in [-0.3, -0.25) is 0 Å². The lowest BCUT2D eigenvalue weighted by Crippen LogP contribution is -2.13. The van der Waals surface area contributed by atoms with Gasteiger partial charge in [-0.05, 0) is 54.1 Å². The number of hydrogen-bond acceptors (Lipinski definition) is 1. The predicted octanol–water partition coefficient (Wildman–Crippen LogP) is 3.58. The fourth-order valence-corrected chi connectivity index (χ4v) is 3.99. The van der Waals surface area contributed by atoms with Gasteiger partial charge in [0, 0.05) is 12.0 Å². The molecule has 2 aromatic rings. The molecule has 0 saturated heterocycles. The van der Waals surface area contributed by atoms with Crippen molar-refractivity contribution >= 4 is 0 Å². The second-order valence-electron chi connectivity index (χ2n) is 5.75. The zero-order valence-corrected chi connectivity index (χ0v) is 11.3. The minimum atomic E-state index is 0.520. The summed E-state index contributed by atoms with van der Waals surface area (Å²) < 4.78 is 0. The lowest BCUT2D eigenvalue weighted by molar-refractivity contribution is 0.564. The van der Waals surface area contributed by atoms with Crippen molar-refractivity contribution in [2.75, 3.05) is 7.05 Å². The summed E-state index contributed by atoms with van der Waals surface area (Å²) in [7, 11) is 2.08. The zero-order chi connectivity index (χ0) is 12.8. The van der Waals surface area contributed by atoms with Crippen molar-refractivity contribution in [3.05, 3.63) is 70.3 Å². The first kappa shape index (κ1) is 11.2. The van der Waals surface area contributed by atoms with Crippen LogP contribution in [0, 0.1) is 0 Å². The monoisotopic (exact) mass is 249 g/mol. The molecule has 0 saturated carbocycles. The maximum absolute atomic E-state index is 3.49. The van der Waals surface area contributed by atoms with E-state index in [2.05, 4.69) is 54.8 Å². The molecule has 2 aliphatic carbocycles. The fourth-order valence-electron chi connectivity index (χ4n) is 3.99. The van der Waals surface area contributed by atoms with E-state index in [1.807, 2.05) is 0 Å². The molecule has 0 radical (unpaired) electrons. The number of aryl methyl sites for hydroxylation is 2. The Hall–Kier alpha value is -1.60. The van der Waals surface area contributed by atoms with Crippen LogP contribution in [0.5, 0.6) is 0 Å². The molecule has 0 fully saturated rings. The molecule has 0 aliphatic heterocycles. The van der Waals surface area contributed by atoms with E-state index < -0.39 is 0 Å². The molecule has 2 unspecified atom stereocenters. The third kappa shape index (κ3) is 1.58. The van der Waals surface area contributed by atoms with E-state index >= 15 is 0 Å². The lowest BCUT2D eigenvalue weighted by atomic mass is 9.90. The Morgan fingerprint density at radius 1 is 0.895 bits per heavy atom. The van der Waals surface area contributed by atoms with Crippen LogP contribution in [0.15, 0.2) is 42.5 Å². The van der Waals surface area contributed by atoms with Crippen LogP contribution in [-0.4, -0.2) is 7.05 Å². The highest BCUT2D eigenvalue weighted by molar-refractivity contribution is 5.52. The molecule has 0 aromatic heterocycles. The second-order valence-corrected chi connectivity index (χ2v) is 5.75. The number of benzene rings is 2. The maximum atomic E-state index is 3.49. The minimum Gasteiger partial charge on any atom is -0.313 e. The summed E-state index contributed by atoms with van der Waals surface area (Å²) in [6, 6.07) is 16.4. The molecule has 0 heterocycles. The summed E-state index contributed by atoms with van der Waals surface area (Å²) >= 11 is 0. The number of rotatable bonds is 1. The Morgan fingerprint density at radius 3 is 2.53 bits per heavy atom. The highest BCUT2D eigenvalue weighted by atomic mass is 14.9. The predicted molar refractivity (Wildman–Crippen MR) is 78.6 cm³/mol. The first-order valence-electron chi connectivity index (χ1n) is 7.25. The van der Waals surface area contributed by atoms with Crippen molar-refractivity contribution in [2.24, 2.45) is 0 Å². The van der Waals surface area contributed by atoms with Gasteiger partial charge < -0.3 is 5.32 Å². The molecule has 0 spiro atoms. The van der Waals surface area contributed by atoms with Gasteiger partial charge in [0.2, 0.25) is 0 Å². The summed E-state index contributed by atoms with van der Waals surface area (Å²) in [5.74, 6) is 0.599. The van der Waals surface area contributed by atoms with E-state index in [0.717, 1.165) is 0 Å². The van der Waals surface area contributed by atoms with Gasteiger partial charge in [-0.1, -0.05) is 42.5 Å². The number of nitrogens with one attached hydrogen (secondary N) is 1. The summed E-state index contributed by atoms with van der Waals surface area (Å²) in [5, 5.41) is 3.49. The van der Waals surface area contributed by atoms with Crippen LogP contribution in [0.25, 0.3) is 0 Å². The highest BCUT2D eigenvalue weighted by Crippen LogP contribution is 2.48. The molecule has 2 aliphatic rings. The molecular weight excluding hydrogens is 230 g/mol. The van der Waals surface area contributed by atoms with Gasteiger partial charge in [0.25, 0.3) is 0 Å². The van der Waals surface area contributed by atoms with Crippen molar-refractivity contribution in [3.8, 4) is 0 Å². The molecule has 96 valence electrons. The van der Waals surface area contributed by atoms with Crippen molar-refractivity contribution in [1.29, 1.82) is 0 Å². The minimum absolute atomic E-state index is 0.520. The van der Waals surface area contributed by atoms with E-state index in [-0.39, 0.29) is 0 Å². The Bertz CT molecular complexity index is 629. The van der Waals surface area contributed by atoms with E-state index in [1.165, 1.54) is 24.8 Å². The Labute approximate surface area is 114 Å². The quantitative estimate of drug-likeness (QED) is 0.814. The molecule has 19 heavy (non-hydrogen) atoms. The van der Waals surface area contributed by atoms with Crippen molar-refractivity contribution in [1.82, 2.24) is 5.32 Å². The average molecular weight is 249 g/mol. The molecule has 4 rings (SSSR count). The SMILES string of the molecule is CNC1CC2c3ccccc3CCc3cccc1c32. The van der Waals surface area contributed by atoms with Crippen LogP contribution < -0.4 is 5.32 Å². The smallest absolute Gasteiger partial charge is 0.0329 e. The third-order valence-corrected chi connectivity index (χ3v) is 4.87. The van der Waals surface area contributed by atoms with Crippen LogP contribution >= 0.6 is 0 Å². The Morgan fingerprint density at radius 2 is 1.63 bits per heavy atom. The molecule has 1 heteroatoms. The van der Waals surface area contributed by atoms with E-state index in [4.69, 9.17) is 0 Å². The topological polar surface area (TPSA) is 12.0 Å². The number of hydrogen-bond donors (Lipinski definition) is 1. The Balaban J connectivity index is 1.96. The van der Waals surface area contributed by atoms with Gasteiger partial charge in [0.05, 0.1) is 0 Å². The van der Waals surface area contributed by atoms with Gasteiger partial charge >= 0.3 is 0 Å². The largest absolute Gasteiger partial charge is 0.313 e. The van der Waals surface area contributed by atoms with E-state index in [9.17, 15) is 0 Å². The molecule has 2 atom stereocenters. The average Bonchev–Trinajstić information content (AvgIpc) is 2.76. The highest BCUT2D eigenvalue weighted by Gasteiger charge is 2.35. The van der Waals surface area contributed by atoms with Crippen LogP contribution in [-0.2, 0) is 12.8 Å². The normalized spacial score (nSPS) is 23.6. The van der Waals surface area contributed by atoms with Crippen molar-refractivity contribution in [2.45, 2.75) is 31.2 Å². The van der Waals surface area contributed by atoms with E-state index in [1.54, 1.807) is 22.3 Å². The van der Waals surface area contributed by atoms with Crippen LogP contribution in [0.1, 0.15) is 46.2 Å².